The van der Waals surface area contributed by atoms with E-state index in [0.29, 0.717) is 11.5 Å². The van der Waals surface area contributed by atoms with E-state index in [9.17, 15) is 9.90 Å². The number of methoxy groups -OCH3 is 1. The van der Waals surface area contributed by atoms with Crippen LogP contribution in [0.4, 0.5) is 0 Å². The largest absolute Gasteiger partial charge is 0.467 e. The van der Waals surface area contributed by atoms with E-state index in [2.05, 4.69) is 12.1 Å². The second-order valence-electron chi connectivity index (χ2n) is 6.84. The molecule has 3 rings (SSSR count). The maximum absolute atomic E-state index is 12.3. The van der Waals surface area contributed by atoms with E-state index >= 15 is 0 Å². The maximum atomic E-state index is 12.3. The lowest BCUT2D eigenvalue weighted by atomic mass is 9.79. The van der Waals surface area contributed by atoms with Gasteiger partial charge in [-0.1, -0.05) is 49.9 Å². The van der Waals surface area contributed by atoms with Crippen LogP contribution in [0.3, 0.4) is 0 Å². The molecule has 0 amide bonds. The molecule has 1 N–H and O–H groups in total. The van der Waals surface area contributed by atoms with Gasteiger partial charge in [0.1, 0.15) is 0 Å². The van der Waals surface area contributed by atoms with Crippen molar-refractivity contribution in [1.29, 1.82) is 0 Å². The maximum Gasteiger partial charge on any atom is 0.342 e. The second kappa shape index (κ2) is 6.41. The number of benzene rings is 1. The van der Waals surface area contributed by atoms with Crippen molar-refractivity contribution in [3.8, 4) is 0 Å². The molecule has 3 heteroatoms. The van der Waals surface area contributed by atoms with Gasteiger partial charge in [0, 0.05) is 5.92 Å². The Labute approximate surface area is 132 Å². The molecule has 2 aliphatic carbocycles. The molecule has 2 fully saturated rings. The van der Waals surface area contributed by atoms with Crippen molar-refractivity contribution in [3.05, 3.63) is 35.4 Å². The first kappa shape index (κ1) is 15.5. The Morgan fingerprint density at radius 3 is 2.14 bits per heavy atom. The lowest BCUT2D eigenvalue weighted by molar-refractivity contribution is -0.170. The van der Waals surface area contributed by atoms with Crippen LogP contribution in [-0.2, 0) is 15.1 Å². The smallest absolute Gasteiger partial charge is 0.342 e. The van der Waals surface area contributed by atoms with Gasteiger partial charge in [-0.25, -0.2) is 4.79 Å². The second-order valence-corrected chi connectivity index (χ2v) is 6.84. The minimum atomic E-state index is -1.49. The zero-order valence-electron chi connectivity index (χ0n) is 13.4. The molecule has 0 aliphatic heterocycles. The van der Waals surface area contributed by atoms with Crippen LogP contribution in [0.2, 0.25) is 0 Å². The Bertz CT molecular complexity index is 510. The number of rotatable bonds is 4. The van der Waals surface area contributed by atoms with Crippen molar-refractivity contribution in [2.24, 2.45) is 5.92 Å². The molecule has 2 aliphatic rings. The summed E-state index contributed by atoms with van der Waals surface area (Å²) in [7, 11) is 1.36. The minimum Gasteiger partial charge on any atom is -0.467 e. The summed E-state index contributed by atoms with van der Waals surface area (Å²) < 4.78 is 4.92. The van der Waals surface area contributed by atoms with Gasteiger partial charge in [0.2, 0.25) is 0 Å². The predicted molar refractivity (Wildman–Crippen MR) is 85.5 cm³/mol. The number of carbonyl (C=O) groups excluding carboxylic acids is 1. The summed E-state index contributed by atoms with van der Waals surface area (Å²) in [4.78, 5) is 12.3. The Morgan fingerprint density at radius 2 is 1.59 bits per heavy atom. The number of hydrogen-bond donors (Lipinski definition) is 1. The van der Waals surface area contributed by atoms with Crippen molar-refractivity contribution in [1.82, 2.24) is 0 Å². The van der Waals surface area contributed by atoms with Gasteiger partial charge < -0.3 is 9.84 Å². The molecule has 1 aromatic rings. The fourth-order valence-corrected chi connectivity index (χ4v) is 4.29. The first-order chi connectivity index (χ1) is 10.7. The standard InChI is InChI=1S/C19H26O3/c1-22-18(20)19(21,16-8-4-5-9-16)17-12-10-15(11-13-17)14-6-2-3-7-14/h10-14,16,21H,2-9H2,1H3. The molecule has 22 heavy (non-hydrogen) atoms. The minimum absolute atomic E-state index is 0.0303. The zero-order chi connectivity index (χ0) is 15.6. The van der Waals surface area contributed by atoms with E-state index in [1.165, 1.54) is 38.4 Å². The van der Waals surface area contributed by atoms with E-state index in [1.807, 2.05) is 12.1 Å². The van der Waals surface area contributed by atoms with E-state index in [4.69, 9.17) is 4.74 Å². The summed E-state index contributed by atoms with van der Waals surface area (Å²) in [5, 5.41) is 11.1. The first-order valence-corrected chi connectivity index (χ1v) is 8.57. The quantitative estimate of drug-likeness (QED) is 0.858. The molecule has 0 radical (unpaired) electrons. The monoisotopic (exact) mass is 302 g/mol. The average Bonchev–Trinajstić information content (AvgIpc) is 3.26. The topological polar surface area (TPSA) is 46.5 Å². The van der Waals surface area contributed by atoms with Gasteiger partial charge in [0.25, 0.3) is 0 Å². The number of hydrogen-bond acceptors (Lipinski definition) is 3. The van der Waals surface area contributed by atoms with Gasteiger partial charge in [-0.2, -0.15) is 0 Å². The lowest BCUT2D eigenvalue weighted by Gasteiger charge is -2.32. The molecule has 1 unspecified atom stereocenters. The molecule has 3 nitrogen and oxygen atoms in total. The molecular formula is C19H26O3. The Hall–Kier alpha value is -1.35. The molecule has 0 aromatic heterocycles. The Kier molecular flexibility index (Phi) is 4.53. The summed E-state index contributed by atoms with van der Waals surface area (Å²) in [5.74, 6) is 0.0945. The Morgan fingerprint density at radius 1 is 1.05 bits per heavy atom. The molecule has 120 valence electrons. The van der Waals surface area contributed by atoms with E-state index in [1.54, 1.807) is 0 Å². The lowest BCUT2D eigenvalue weighted by Crippen LogP contribution is -2.43. The average molecular weight is 302 g/mol. The zero-order valence-corrected chi connectivity index (χ0v) is 13.4. The molecular weight excluding hydrogens is 276 g/mol. The van der Waals surface area contributed by atoms with Gasteiger partial charge in [-0.05, 0) is 42.7 Å². The van der Waals surface area contributed by atoms with Gasteiger partial charge in [0.15, 0.2) is 5.60 Å². The highest BCUT2D eigenvalue weighted by Gasteiger charge is 2.47. The van der Waals surface area contributed by atoms with Crippen LogP contribution in [0.25, 0.3) is 0 Å². The summed E-state index contributed by atoms with van der Waals surface area (Å²) in [6.07, 6.45) is 9.04. The van der Waals surface area contributed by atoms with Crippen LogP contribution in [0.1, 0.15) is 68.4 Å². The van der Waals surface area contributed by atoms with Gasteiger partial charge >= 0.3 is 5.97 Å². The van der Waals surface area contributed by atoms with Crippen LogP contribution in [0, 0.1) is 5.92 Å². The highest BCUT2D eigenvalue weighted by Crippen LogP contribution is 2.42. The number of ether oxygens (including phenoxy) is 1. The van der Waals surface area contributed by atoms with Crippen LogP contribution < -0.4 is 0 Å². The Balaban J connectivity index is 1.88. The summed E-state index contributed by atoms with van der Waals surface area (Å²) in [6.45, 7) is 0. The van der Waals surface area contributed by atoms with Crippen LogP contribution in [0.15, 0.2) is 24.3 Å². The molecule has 0 saturated heterocycles. The summed E-state index contributed by atoms with van der Waals surface area (Å²) in [5.41, 5.74) is 0.535. The van der Waals surface area contributed by atoms with Gasteiger partial charge in [-0.15, -0.1) is 0 Å². The van der Waals surface area contributed by atoms with E-state index < -0.39 is 11.6 Å². The van der Waals surface area contributed by atoms with Crippen molar-refractivity contribution in [3.63, 3.8) is 0 Å². The third-order valence-electron chi connectivity index (χ3n) is 5.62. The number of carbonyl (C=O) groups is 1. The SMILES string of the molecule is COC(=O)C(O)(c1ccc(C2CCCC2)cc1)C1CCCC1. The van der Waals surface area contributed by atoms with Crippen LogP contribution >= 0.6 is 0 Å². The van der Waals surface area contributed by atoms with Crippen molar-refractivity contribution >= 4 is 5.97 Å². The van der Waals surface area contributed by atoms with Crippen molar-refractivity contribution in [2.45, 2.75) is 62.9 Å². The van der Waals surface area contributed by atoms with Crippen molar-refractivity contribution in [2.75, 3.05) is 7.11 Å². The third-order valence-corrected chi connectivity index (χ3v) is 5.62. The van der Waals surface area contributed by atoms with Crippen molar-refractivity contribution < 1.29 is 14.6 Å². The normalized spacial score (nSPS) is 22.6. The summed E-state index contributed by atoms with van der Waals surface area (Å²) >= 11 is 0. The van der Waals surface area contributed by atoms with Crippen LogP contribution in [0.5, 0.6) is 0 Å². The fraction of sp³-hybridized carbons (Fsp3) is 0.632. The van der Waals surface area contributed by atoms with E-state index in [0.717, 1.165) is 25.7 Å². The van der Waals surface area contributed by atoms with Gasteiger partial charge in [-0.3, -0.25) is 0 Å². The molecule has 0 heterocycles. The predicted octanol–water partition coefficient (Wildman–Crippen LogP) is 3.90. The van der Waals surface area contributed by atoms with Crippen LogP contribution in [-0.4, -0.2) is 18.2 Å². The fourth-order valence-electron chi connectivity index (χ4n) is 4.29. The molecule has 0 bridgehead atoms. The van der Waals surface area contributed by atoms with Gasteiger partial charge in [0.05, 0.1) is 7.11 Å². The molecule has 0 spiro atoms. The number of aliphatic hydroxyl groups is 1. The third kappa shape index (κ3) is 2.67. The summed E-state index contributed by atoms with van der Waals surface area (Å²) in [6, 6.07) is 8.05. The highest BCUT2D eigenvalue weighted by molar-refractivity contribution is 5.81. The molecule has 2 saturated carbocycles. The number of esters is 1. The highest BCUT2D eigenvalue weighted by atomic mass is 16.5. The molecule has 1 aromatic carbocycles. The first-order valence-electron chi connectivity index (χ1n) is 8.57. The molecule has 1 atom stereocenters. The van der Waals surface area contributed by atoms with E-state index in [-0.39, 0.29) is 5.92 Å².